The fourth-order valence-corrected chi connectivity index (χ4v) is 3.87. The molecule has 1 aliphatic rings. The molecular weight excluding hydrogens is 535 g/mol. The van der Waals surface area contributed by atoms with Gasteiger partial charge in [0.1, 0.15) is 12.4 Å². The maximum Gasteiger partial charge on any atom is 0.194 e. The number of rotatable bonds is 7. The lowest BCUT2D eigenvalue weighted by atomic mass is 10.2. The Morgan fingerprint density at radius 3 is 2.67 bits per heavy atom. The number of guanidine groups is 1. The van der Waals surface area contributed by atoms with Gasteiger partial charge in [0, 0.05) is 52.2 Å². The van der Waals surface area contributed by atoms with E-state index in [0.717, 1.165) is 68.2 Å². The number of nitrogens with one attached hydrogen (secondary N) is 1. The molecule has 0 bridgehead atoms. The van der Waals surface area contributed by atoms with Gasteiger partial charge < -0.3 is 19.7 Å². The van der Waals surface area contributed by atoms with E-state index in [1.54, 1.807) is 12.4 Å². The third-order valence-electron chi connectivity index (χ3n) is 5.03. The van der Waals surface area contributed by atoms with Gasteiger partial charge in [-0.05, 0) is 31.4 Å². The molecule has 8 nitrogen and oxygen atoms in total. The normalized spacial score (nSPS) is 14.6. The molecule has 3 rings (SSSR count). The van der Waals surface area contributed by atoms with Crippen LogP contribution in [0.1, 0.15) is 18.1 Å². The fraction of sp³-hybridized carbons (Fsp3) is 0.579. The van der Waals surface area contributed by atoms with Crippen LogP contribution in [0, 0.1) is 6.92 Å². The number of anilines is 1. The Labute approximate surface area is 204 Å². The molecule has 30 heavy (non-hydrogen) atoms. The summed E-state index contributed by atoms with van der Waals surface area (Å²) in [6.07, 6.45) is 6.73. The van der Waals surface area contributed by atoms with Crippen molar-refractivity contribution in [3.05, 3.63) is 35.1 Å². The first-order chi connectivity index (χ1) is 14.1. The minimum absolute atomic E-state index is 0. The van der Waals surface area contributed by atoms with Crippen LogP contribution in [0.3, 0.4) is 0 Å². The van der Waals surface area contributed by atoms with E-state index in [2.05, 4.69) is 36.6 Å². The summed E-state index contributed by atoms with van der Waals surface area (Å²) in [6.45, 7) is 6.91. The predicted molar refractivity (Wildman–Crippen MR) is 136 cm³/mol. The Balaban J connectivity index is 0.00000320. The summed E-state index contributed by atoms with van der Waals surface area (Å²) in [5, 5.41) is 12.6. The lowest BCUT2D eigenvalue weighted by Gasteiger charge is -2.38. The summed E-state index contributed by atoms with van der Waals surface area (Å²) >= 11 is 8.18. The number of hydrogen-bond acceptors (Lipinski definition) is 6. The van der Waals surface area contributed by atoms with Crippen LogP contribution in [-0.2, 0) is 13.6 Å². The van der Waals surface area contributed by atoms with E-state index in [1.807, 2.05) is 36.4 Å². The van der Waals surface area contributed by atoms with E-state index >= 15 is 0 Å². The van der Waals surface area contributed by atoms with Crippen LogP contribution in [0.2, 0.25) is 5.02 Å². The lowest BCUT2D eigenvalue weighted by Crippen LogP contribution is -2.52. The molecule has 0 aromatic carbocycles. The minimum Gasteiger partial charge on any atom is -0.367 e. The third kappa shape index (κ3) is 6.61. The van der Waals surface area contributed by atoms with Crippen molar-refractivity contribution in [1.82, 2.24) is 30.0 Å². The molecular formula is C19H30ClIN8S. The number of aromatic nitrogens is 4. The Morgan fingerprint density at radius 1 is 1.27 bits per heavy atom. The Morgan fingerprint density at radius 2 is 2.03 bits per heavy atom. The summed E-state index contributed by atoms with van der Waals surface area (Å²) in [5.74, 6) is 3.84. The van der Waals surface area contributed by atoms with Crippen LogP contribution in [0.15, 0.2) is 23.5 Å². The van der Waals surface area contributed by atoms with Crippen LogP contribution in [0.4, 0.5) is 5.69 Å². The molecule has 0 unspecified atom stereocenters. The topological polar surface area (TPSA) is 74.5 Å². The van der Waals surface area contributed by atoms with E-state index in [4.69, 9.17) is 16.6 Å². The molecule has 1 fully saturated rings. The number of pyridine rings is 1. The molecule has 1 saturated heterocycles. The van der Waals surface area contributed by atoms with E-state index in [-0.39, 0.29) is 24.0 Å². The monoisotopic (exact) mass is 564 g/mol. The van der Waals surface area contributed by atoms with Crippen molar-refractivity contribution < 1.29 is 0 Å². The number of halogens is 2. The zero-order valence-electron chi connectivity index (χ0n) is 17.7. The molecule has 0 atom stereocenters. The minimum atomic E-state index is 0. The van der Waals surface area contributed by atoms with Gasteiger partial charge >= 0.3 is 0 Å². The summed E-state index contributed by atoms with van der Waals surface area (Å²) in [4.78, 5) is 13.5. The molecule has 0 amide bonds. The van der Waals surface area contributed by atoms with Gasteiger partial charge in [-0.15, -0.1) is 34.2 Å². The molecule has 2 aromatic heterocycles. The van der Waals surface area contributed by atoms with Crippen molar-refractivity contribution >= 4 is 59.0 Å². The van der Waals surface area contributed by atoms with E-state index in [9.17, 15) is 0 Å². The number of piperazine rings is 1. The third-order valence-corrected chi connectivity index (χ3v) is 6.02. The highest BCUT2D eigenvalue weighted by atomic mass is 127. The Kier molecular flexibility index (Phi) is 10.5. The average Bonchev–Trinajstić information content (AvgIpc) is 3.06. The molecule has 2 aromatic rings. The molecule has 3 heterocycles. The van der Waals surface area contributed by atoms with Crippen molar-refractivity contribution in [2.24, 2.45) is 12.0 Å². The summed E-state index contributed by atoms with van der Waals surface area (Å²) in [5.41, 5.74) is 1.04. The van der Waals surface area contributed by atoms with E-state index < -0.39 is 0 Å². The highest BCUT2D eigenvalue weighted by molar-refractivity contribution is 14.0. The van der Waals surface area contributed by atoms with Crippen molar-refractivity contribution in [2.75, 3.05) is 49.6 Å². The second-order valence-corrected chi connectivity index (χ2v) is 8.33. The highest BCUT2D eigenvalue weighted by Gasteiger charge is 2.21. The smallest absolute Gasteiger partial charge is 0.194 e. The standard InChI is InChI=1S/C19H29ClN8S.HI/c1-15-24-25-18(26(15)2)14-23-19(22-6-4-12-29-3)28-10-8-27(9-11-28)17-5-7-21-13-16(17)20;/h5,7,13H,4,6,8-12,14H2,1-3H3,(H,22,23);1H. The van der Waals surface area contributed by atoms with Gasteiger partial charge in [0.25, 0.3) is 0 Å². The zero-order valence-corrected chi connectivity index (χ0v) is 21.6. The van der Waals surface area contributed by atoms with Crippen LogP contribution >= 0.6 is 47.3 Å². The quantitative estimate of drug-likeness (QED) is 0.240. The summed E-state index contributed by atoms with van der Waals surface area (Å²) < 4.78 is 1.98. The number of thioether (sulfide) groups is 1. The molecule has 1 N–H and O–H groups in total. The van der Waals surface area contributed by atoms with Crippen LogP contribution in [0.25, 0.3) is 0 Å². The van der Waals surface area contributed by atoms with Crippen LogP contribution < -0.4 is 10.2 Å². The first kappa shape index (κ1) is 25.0. The fourth-order valence-electron chi connectivity index (χ4n) is 3.20. The van der Waals surface area contributed by atoms with E-state index in [1.165, 1.54) is 0 Å². The van der Waals surface area contributed by atoms with Gasteiger partial charge in [0.2, 0.25) is 0 Å². The molecule has 0 aliphatic carbocycles. The Bertz CT molecular complexity index is 823. The number of aryl methyl sites for hydroxylation is 1. The van der Waals surface area contributed by atoms with E-state index in [0.29, 0.717) is 11.6 Å². The number of aliphatic imine (C=N–C) groups is 1. The Hall–Kier alpha value is -1.27. The first-order valence-corrected chi connectivity index (χ1v) is 11.6. The zero-order chi connectivity index (χ0) is 20.6. The second kappa shape index (κ2) is 12.6. The SMILES string of the molecule is CSCCCNC(=NCc1nnc(C)n1C)N1CCN(c2ccncc2Cl)CC1.I. The van der Waals surface area contributed by atoms with Gasteiger partial charge in [-0.2, -0.15) is 11.8 Å². The molecule has 166 valence electrons. The van der Waals surface area contributed by atoms with Gasteiger partial charge in [0.05, 0.1) is 10.7 Å². The lowest BCUT2D eigenvalue weighted by molar-refractivity contribution is 0.371. The maximum absolute atomic E-state index is 6.32. The van der Waals surface area contributed by atoms with Crippen LogP contribution in [0.5, 0.6) is 0 Å². The van der Waals surface area contributed by atoms with Crippen molar-refractivity contribution in [3.8, 4) is 0 Å². The summed E-state index contributed by atoms with van der Waals surface area (Å²) in [6, 6.07) is 1.98. The van der Waals surface area contributed by atoms with Crippen molar-refractivity contribution in [3.63, 3.8) is 0 Å². The number of nitrogens with zero attached hydrogens (tertiary/aromatic N) is 7. The van der Waals surface area contributed by atoms with Crippen molar-refractivity contribution in [2.45, 2.75) is 19.9 Å². The van der Waals surface area contributed by atoms with Crippen molar-refractivity contribution in [1.29, 1.82) is 0 Å². The van der Waals surface area contributed by atoms with Gasteiger partial charge in [-0.3, -0.25) is 4.98 Å². The number of hydrogen-bond donors (Lipinski definition) is 1. The summed E-state index contributed by atoms with van der Waals surface area (Å²) in [7, 11) is 1.98. The van der Waals surface area contributed by atoms with Gasteiger partial charge in [0.15, 0.2) is 11.8 Å². The second-order valence-electron chi connectivity index (χ2n) is 6.94. The average molecular weight is 565 g/mol. The predicted octanol–water partition coefficient (Wildman–Crippen LogP) is 2.81. The van der Waals surface area contributed by atoms with Crippen LogP contribution in [-0.4, -0.2) is 75.3 Å². The molecule has 0 saturated carbocycles. The molecule has 1 aliphatic heterocycles. The van der Waals surface area contributed by atoms with Gasteiger partial charge in [-0.1, -0.05) is 11.6 Å². The molecule has 0 radical (unpaired) electrons. The first-order valence-electron chi connectivity index (χ1n) is 9.81. The largest absolute Gasteiger partial charge is 0.367 e. The highest BCUT2D eigenvalue weighted by Crippen LogP contribution is 2.25. The maximum atomic E-state index is 6.32. The molecule has 0 spiro atoms. The van der Waals surface area contributed by atoms with Gasteiger partial charge in [-0.25, -0.2) is 4.99 Å². The molecule has 11 heteroatoms.